The van der Waals surface area contributed by atoms with E-state index in [9.17, 15) is 4.79 Å². The molecule has 1 amide bonds. The minimum Gasteiger partial charge on any atom is -0.380 e. The molecule has 0 aromatic rings. The molecule has 2 heterocycles. The van der Waals surface area contributed by atoms with Crippen LogP contribution in [0.15, 0.2) is 0 Å². The number of likely N-dealkylation sites (tertiary alicyclic amines) is 1. The van der Waals surface area contributed by atoms with Gasteiger partial charge >= 0.3 is 0 Å². The van der Waals surface area contributed by atoms with Gasteiger partial charge < -0.3 is 9.64 Å². The summed E-state index contributed by atoms with van der Waals surface area (Å²) in [7, 11) is 1.72. The van der Waals surface area contributed by atoms with Crippen LogP contribution in [0, 0.1) is 0 Å². The number of rotatable bonds is 2. The second kappa shape index (κ2) is 5.18. The zero-order valence-electron chi connectivity index (χ0n) is 9.07. The average molecular weight is 230 g/mol. The Morgan fingerprint density at radius 1 is 1.60 bits per heavy atom. The topological polar surface area (TPSA) is 41.6 Å². The number of nitrogens with zero attached hydrogens (tertiary/aromatic N) is 1. The van der Waals surface area contributed by atoms with E-state index in [2.05, 4.69) is 5.32 Å². The third-order valence-electron chi connectivity index (χ3n) is 3.04. The maximum atomic E-state index is 12.1. The van der Waals surface area contributed by atoms with Crippen molar-refractivity contribution in [2.24, 2.45) is 0 Å². The molecule has 0 spiro atoms. The SMILES string of the molecule is COC1CCCN(C(=O)[C@H]2CSCN2)C1. The van der Waals surface area contributed by atoms with Crippen LogP contribution >= 0.6 is 11.8 Å². The molecule has 0 bridgehead atoms. The number of hydrogen-bond donors (Lipinski definition) is 1. The van der Waals surface area contributed by atoms with Gasteiger partial charge in [-0.25, -0.2) is 0 Å². The van der Waals surface area contributed by atoms with Gasteiger partial charge in [-0.2, -0.15) is 0 Å². The summed E-state index contributed by atoms with van der Waals surface area (Å²) in [5.41, 5.74) is 0. The van der Waals surface area contributed by atoms with Crippen LogP contribution in [0.25, 0.3) is 0 Å². The van der Waals surface area contributed by atoms with Gasteiger partial charge in [0.25, 0.3) is 0 Å². The number of piperidine rings is 1. The van der Waals surface area contributed by atoms with Crippen LogP contribution in [0.2, 0.25) is 0 Å². The largest absolute Gasteiger partial charge is 0.380 e. The lowest BCUT2D eigenvalue weighted by Gasteiger charge is -2.33. The smallest absolute Gasteiger partial charge is 0.240 e. The van der Waals surface area contributed by atoms with Crippen molar-refractivity contribution in [1.29, 1.82) is 0 Å². The van der Waals surface area contributed by atoms with Gasteiger partial charge in [-0.1, -0.05) is 0 Å². The van der Waals surface area contributed by atoms with E-state index in [1.54, 1.807) is 18.9 Å². The van der Waals surface area contributed by atoms with E-state index in [-0.39, 0.29) is 18.1 Å². The number of hydrogen-bond acceptors (Lipinski definition) is 4. The third kappa shape index (κ3) is 2.65. The van der Waals surface area contributed by atoms with Gasteiger partial charge in [0.15, 0.2) is 0 Å². The lowest BCUT2D eigenvalue weighted by Crippen LogP contribution is -2.50. The van der Waals surface area contributed by atoms with Crippen LogP contribution in [-0.2, 0) is 9.53 Å². The van der Waals surface area contributed by atoms with Crippen molar-refractivity contribution in [3.8, 4) is 0 Å². The first kappa shape index (κ1) is 11.2. The van der Waals surface area contributed by atoms with E-state index in [1.165, 1.54) is 0 Å². The van der Waals surface area contributed by atoms with E-state index >= 15 is 0 Å². The molecular formula is C10H18N2O2S. The first-order valence-electron chi connectivity index (χ1n) is 5.44. The van der Waals surface area contributed by atoms with Gasteiger partial charge in [-0.3, -0.25) is 10.1 Å². The molecule has 1 unspecified atom stereocenters. The molecule has 15 heavy (non-hydrogen) atoms. The summed E-state index contributed by atoms with van der Waals surface area (Å²) in [6, 6.07) is 0.0330. The highest BCUT2D eigenvalue weighted by molar-refractivity contribution is 7.99. The highest BCUT2D eigenvalue weighted by Gasteiger charge is 2.30. The number of amides is 1. The summed E-state index contributed by atoms with van der Waals surface area (Å²) in [5.74, 6) is 2.06. The summed E-state index contributed by atoms with van der Waals surface area (Å²) in [6.45, 7) is 1.65. The third-order valence-corrected chi connectivity index (χ3v) is 3.98. The van der Waals surface area contributed by atoms with Gasteiger partial charge in [0, 0.05) is 31.8 Å². The van der Waals surface area contributed by atoms with Crippen molar-refractivity contribution in [1.82, 2.24) is 10.2 Å². The van der Waals surface area contributed by atoms with Gasteiger partial charge in [-0.15, -0.1) is 11.8 Å². The molecule has 2 saturated heterocycles. The molecule has 0 aliphatic carbocycles. The molecule has 2 aliphatic rings. The fourth-order valence-electron chi connectivity index (χ4n) is 2.10. The lowest BCUT2D eigenvalue weighted by molar-refractivity contribution is -0.136. The molecule has 0 saturated carbocycles. The van der Waals surface area contributed by atoms with E-state index < -0.39 is 0 Å². The Bertz CT molecular complexity index is 231. The second-order valence-corrected chi connectivity index (χ2v) is 5.09. The van der Waals surface area contributed by atoms with E-state index in [4.69, 9.17) is 4.74 Å². The van der Waals surface area contributed by atoms with Crippen LogP contribution in [0.3, 0.4) is 0 Å². The molecule has 2 fully saturated rings. The fraction of sp³-hybridized carbons (Fsp3) is 0.900. The standard InChI is InChI=1S/C10H18N2O2S/c1-14-8-3-2-4-12(5-8)10(13)9-6-15-7-11-9/h8-9,11H,2-7H2,1H3/t8?,9-/m1/s1. The van der Waals surface area contributed by atoms with Gasteiger partial charge in [-0.05, 0) is 12.8 Å². The summed E-state index contributed by atoms with van der Waals surface area (Å²) >= 11 is 1.79. The average Bonchev–Trinajstić information content (AvgIpc) is 2.81. The fourth-order valence-corrected chi connectivity index (χ4v) is 3.04. The van der Waals surface area contributed by atoms with Crippen LogP contribution in [0.1, 0.15) is 12.8 Å². The maximum Gasteiger partial charge on any atom is 0.240 e. The molecular weight excluding hydrogens is 212 g/mol. The predicted molar refractivity (Wildman–Crippen MR) is 60.9 cm³/mol. The molecule has 0 radical (unpaired) electrons. The second-order valence-electron chi connectivity index (χ2n) is 4.06. The Balaban J connectivity index is 1.88. The Labute approximate surface area is 94.7 Å². The molecule has 2 aliphatic heterocycles. The predicted octanol–water partition coefficient (Wildman–Crippen LogP) is 0.286. The molecule has 4 nitrogen and oxygen atoms in total. The number of ether oxygens (including phenoxy) is 1. The summed E-state index contributed by atoms with van der Waals surface area (Å²) in [4.78, 5) is 14.0. The minimum atomic E-state index is 0.0330. The van der Waals surface area contributed by atoms with Crippen LogP contribution < -0.4 is 5.32 Å². The normalized spacial score (nSPS) is 31.9. The molecule has 5 heteroatoms. The summed E-state index contributed by atoms with van der Waals surface area (Å²) in [5, 5.41) is 3.22. The van der Waals surface area contributed by atoms with Crippen LogP contribution in [0.5, 0.6) is 0 Å². The van der Waals surface area contributed by atoms with Gasteiger partial charge in [0.05, 0.1) is 12.1 Å². The number of carbonyl (C=O) groups is 1. The summed E-state index contributed by atoms with van der Waals surface area (Å²) in [6.07, 6.45) is 2.37. The monoisotopic (exact) mass is 230 g/mol. The van der Waals surface area contributed by atoms with Crippen molar-refractivity contribution < 1.29 is 9.53 Å². The number of methoxy groups -OCH3 is 1. The Morgan fingerprint density at radius 2 is 2.47 bits per heavy atom. The lowest BCUT2D eigenvalue weighted by atomic mass is 10.1. The molecule has 0 aromatic carbocycles. The van der Waals surface area contributed by atoms with Crippen molar-refractivity contribution in [3.05, 3.63) is 0 Å². The number of carbonyl (C=O) groups excluding carboxylic acids is 1. The molecule has 2 atom stereocenters. The molecule has 2 rings (SSSR count). The number of thioether (sulfide) groups is 1. The molecule has 86 valence electrons. The zero-order valence-corrected chi connectivity index (χ0v) is 9.89. The maximum absolute atomic E-state index is 12.1. The first-order valence-corrected chi connectivity index (χ1v) is 6.59. The highest BCUT2D eigenvalue weighted by atomic mass is 32.2. The van der Waals surface area contributed by atoms with Crippen LogP contribution in [0.4, 0.5) is 0 Å². The quantitative estimate of drug-likeness (QED) is 0.740. The Kier molecular flexibility index (Phi) is 3.88. The van der Waals surface area contributed by atoms with E-state index in [1.807, 2.05) is 4.90 Å². The van der Waals surface area contributed by atoms with Gasteiger partial charge in [0.1, 0.15) is 0 Å². The van der Waals surface area contributed by atoms with Crippen molar-refractivity contribution >= 4 is 17.7 Å². The molecule has 1 N–H and O–H groups in total. The van der Waals surface area contributed by atoms with Crippen molar-refractivity contribution in [2.75, 3.05) is 31.8 Å². The first-order chi connectivity index (χ1) is 7.31. The summed E-state index contributed by atoms with van der Waals surface area (Å²) < 4.78 is 5.31. The highest BCUT2D eigenvalue weighted by Crippen LogP contribution is 2.17. The van der Waals surface area contributed by atoms with Crippen molar-refractivity contribution in [2.45, 2.75) is 25.0 Å². The van der Waals surface area contributed by atoms with E-state index in [0.717, 1.165) is 37.6 Å². The molecule has 0 aromatic heterocycles. The van der Waals surface area contributed by atoms with E-state index in [0.29, 0.717) is 0 Å². The van der Waals surface area contributed by atoms with Crippen molar-refractivity contribution in [3.63, 3.8) is 0 Å². The number of nitrogens with one attached hydrogen (secondary N) is 1. The minimum absolute atomic E-state index is 0.0330. The van der Waals surface area contributed by atoms with Gasteiger partial charge in [0.2, 0.25) is 5.91 Å². The zero-order chi connectivity index (χ0) is 10.7. The van der Waals surface area contributed by atoms with Crippen LogP contribution in [-0.4, -0.2) is 54.8 Å². The Morgan fingerprint density at radius 3 is 3.13 bits per heavy atom. The Hall–Kier alpha value is -0.260.